The van der Waals surface area contributed by atoms with Crippen molar-refractivity contribution in [2.24, 2.45) is 5.92 Å². The molecule has 1 heterocycles. The zero-order valence-corrected chi connectivity index (χ0v) is 10.8. The number of hydrogen-bond donors (Lipinski definition) is 0. The number of carbonyl (C=O) groups is 1. The summed E-state index contributed by atoms with van der Waals surface area (Å²) in [6.45, 7) is 11.5. The SMILES string of the molecule is CN(CC1COC(C)(C)C1=O)C(C)(C)C. The number of hydrogen-bond acceptors (Lipinski definition) is 3. The van der Waals surface area contributed by atoms with Gasteiger partial charge in [-0.25, -0.2) is 0 Å². The van der Waals surface area contributed by atoms with Crippen LogP contribution in [0.15, 0.2) is 0 Å². The van der Waals surface area contributed by atoms with Crippen molar-refractivity contribution in [1.29, 1.82) is 0 Å². The van der Waals surface area contributed by atoms with E-state index in [9.17, 15) is 4.79 Å². The summed E-state index contributed by atoms with van der Waals surface area (Å²) in [6.07, 6.45) is 0. The van der Waals surface area contributed by atoms with Crippen LogP contribution in [0.3, 0.4) is 0 Å². The van der Waals surface area contributed by atoms with E-state index in [4.69, 9.17) is 4.74 Å². The maximum Gasteiger partial charge on any atom is 0.170 e. The quantitative estimate of drug-likeness (QED) is 0.699. The van der Waals surface area contributed by atoms with Gasteiger partial charge in [0.2, 0.25) is 0 Å². The maximum atomic E-state index is 11.9. The van der Waals surface area contributed by atoms with Crippen LogP contribution >= 0.6 is 0 Å². The topological polar surface area (TPSA) is 29.5 Å². The van der Waals surface area contributed by atoms with Gasteiger partial charge in [0, 0.05) is 12.1 Å². The number of carbonyl (C=O) groups excluding carboxylic acids is 1. The minimum atomic E-state index is -0.580. The van der Waals surface area contributed by atoms with E-state index in [0.29, 0.717) is 6.61 Å². The van der Waals surface area contributed by atoms with E-state index < -0.39 is 5.60 Å². The van der Waals surface area contributed by atoms with Crippen molar-refractivity contribution >= 4 is 5.78 Å². The van der Waals surface area contributed by atoms with Crippen molar-refractivity contribution in [3.8, 4) is 0 Å². The van der Waals surface area contributed by atoms with Crippen molar-refractivity contribution < 1.29 is 9.53 Å². The molecule has 15 heavy (non-hydrogen) atoms. The molecule has 0 aromatic carbocycles. The third-order valence-electron chi connectivity index (χ3n) is 3.25. The fourth-order valence-electron chi connectivity index (χ4n) is 1.69. The molecule has 0 spiro atoms. The average Bonchev–Trinajstić information content (AvgIpc) is 2.30. The van der Waals surface area contributed by atoms with Crippen LogP contribution in [0.1, 0.15) is 34.6 Å². The zero-order chi connectivity index (χ0) is 11.9. The molecule has 0 saturated carbocycles. The predicted molar refractivity (Wildman–Crippen MR) is 60.9 cm³/mol. The van der Waals surface area contributed by atoms with E-state index in [-0.39, 0.29) is 17.2 Å². The smallest absolute Gasteiger partial charge is 0.170 e. The summed E-state index contributed by atoms with van der Waals surface area (Å²) in [7, 11) is 2.05. The molecule has 0 bridgehead atoms. The van der Waals surface area contributed by atoms with E-state index in [0.717, 1.165) is 6.54 Å². The van der Waals surface area contributed by atoms with Gasteiger partial charge in [0.1, 0.15) is 5.60 Å². The fraction of sp³-hybridized carbons (Fsp3) is 0.917. The highest BCUT2D eigenvalue weighted by atomic mass is 16.5. The Morgan fingerprint density at radius 1 is 1.47 bits per heavy atom. The first kappa shape index (κ1) is 12.7. The average molecular weight is 213 g/mol. The van der Waals surface area contributed by atoms with Gasteiger partial charge in [-0.3, -0.25) is 4.79 Å². The highest BCUT2D eigenvalue weighted by molar-refractivity contribution is 5.90. The molecule has 3 heteroatoms. The summed E-state index contributed by atoms with van der Waals surface area (Å²) in [5.41, 5.74) is -0.476. The van der Waals surface area contributed by atoms with Crippen LogP contribution in [0.5, 0.6) is 0 Å². The van der Waals surface area contributed by atoms with Gasteiger partial charge in [0.25, 0.3) is 0 Å². The second kappa shape index (κ2) is 3.87. The summed E-state index contributed by atoms with van der Waals surface area (Å²) in [6, 6.07) is 0. The molecule has 1 saturated heterocycles. The van der Waals surface area contributed by atoms with Crippen LogP contribution < -0.4 is 0 Å². The van der Waals surface area contributed by atoms with E-state index in [1.807, 2.05) is 13.8 Å². The molecule has 1 unspecified atom stereocenters. The normalized spacial score (nSPS) is 26.3. The first-order valence-corrected chi connectivity index (χ1v) is 5.54. The lowest BCUT2D eigenvalue weighted by atomic mass is 9.94. The highest BCUT2D eigenvalue weighted by Crippen LogP contribution is 2.27. The third-order valence-corrected chi connectivity index (χ3v) is 3.25. The number of Topliss-reactive ketones (excluding diaryl/α,β-unsaturated/α-hetero) is 1. The van der Waals surface area contributed by atoms with Crippen LogP contribution in [0.25, 0.3) is 0 Å². The molecule has 88 valence electrons. The summed E-state index contributed by atoms with van der Waals surface area (Å²) >= 11 is 0. The molecule has 1 aliphatic heterocycles. The predicted octanol–water partition coefficient (Wildman–Crippen LogP) is 1.71. The molecule has 0 aromatic heterocycles. The van der Waals surface area contributed by atoms with Gasteiger partial charge in [-0.15, -0.1) is 0 Å². The Labute approximate surface area is 92.8 Å². The Hall–Kier alpha value is -0.410. The van der Waals surface area contributed by atoms with Crippen LogP contribution in [0.4, 0.5) is 0 Å². The summed E-state index contributed by atoms with van der Waals surface area (Å²) < 4.78 is 5.50. The molecule has 1 atom stereocenters. The van der Waals surface area contributed by atoms with Gasteiger partial charge < -0.3 is 9.64 Å². The van der Waals surface area contributed by atoms with Gasteiger partial charge in [-0.05, 0) is 41.7 Å². The maximum absolute atomic E-state index is 11.9. The minimum absolute atomic E-state index is 0.0317. The Balaban J connectivity index is 2.59. The molecule has 0 aromatic rings. The fourth-order valence-corrected chi connectivity index (χ4v) is 1.69. The summed E-state index contributed by atoms with van der Waals surface area (Å²) in [5.74, 6) is 0.267. The molecule has 1 rings (SSSR count). The monoisotopic (exact) mass is 213 g/mol. The molecule has 1 aliphatic rings. The molecular weight excluding hydrogens is 190 g/mol. The second-order valence-electron chi connectivity index (χ2n) is 5.93. The number of nitrogens with zero attached hydrogens (tertiary/aromatic N) is 1. The van der Waals surface area contributed by atoms with E-state index in [2.05, 4.69) is 32.7 Å². The van der Waals surface area contributed by atoms with Gasteiger partial charge in [-0.2, -0.15) is 0 Å². The zero-order valence-electron chi connectivity index (χ0n) is 10.8. The number of rotatable bonds is 2. The lowest BCUT2D eigenvalue weighted by Gasteiger charge is -2.33. The molecule has 0 radical (unpaired) electrons. The Morgan fingerprint density at radius 2 is 2.00 bits per heavy atom. The van der Waals surface area contributed by atoms with E-state index >= 15 is 0 Å². The Kier molecular flexibility index (Phi) is 3.27. The molecular formula is C12H23NO2. The van der Waals surface area contributed by atoms with Crippen molar-refractivity contribution in [3.63, 3.8) is 0 Å². The second-order valence-corrected chi connectivity index (χ2v) is 5.93. The molecule has 1 fully saturated rings. The minimum Gasteiger partial charge on any atom is -0.367 e. The van der Waals surface area contributed by atoms with Crippen LogP contribution in [0, 0.1) is 5.92 Å². The van der Waals surface area contributed by atoms with Gasteiger partial charge in [0.15, 0.2) is 5.78 Å². The third kappa shape index (κ3) is 2.79. The number of ether oxygens (including phenoxy) is 1. The highest BCUT2D eigenvalue weighted by Gasteiger charge is 2.42. The summed E-state index contributed by atoms with van der Waals surface area (Å²) in [4.78, 5) is 14.1. The van der Waals surface area contributed by atoms with Gasteiger partial charge in [0.05, 0.1) is 12.5 Å². The van der Waals surface area contributed by atoms with Crippen molar-refractivity contribution in [3.05, 3.63) is 0 Å². The molecule has 3 nitrogen and oxygen atoms in total. The molecule has 0 N–H and O–H groups in total. The molecule has 0 amide bonds. The first-order chi connectivity index (χ1) is 6.64. The first-order valence-electron chi connectivity index (χ1n) is 5.54. The van der Waals surface area contributed by atoms with E-state index in [1.54, 1.807) is 0 Å². The lowest BCUT2D eigenvalue weighted by molar-refractivity contribution is -0.130. The standard InChI is InChI=1S/C12H23NO2/c1-11(2,3)13(6)7-9-8-15-12(4,5)10(9)14/h9H,7-8H2,1-6H3. The van der Waals surface area contributed by atoms with Crippen LogP contribution in [0.2, 0.25) is 0 Å². The van der Waals surface area contributed by atoms with Crippen molar-refractivity contribution in [1.82, 2.24) is 4.90 Å². The van der Waals surface area contributed by atoms with Gasteiger partial charge >= 0.3 is 0 Å². The largest absolute Gasteiger partial charge is 0.367 e. The number of ketones is 1. The Bertz CT molecular complexity index is 253. The van der Waals surface area contributed by atoms with E-state index in [1.165, 1.54) is 0 Å². The van der Waals surface area contributed by atoms with Gasteiger partial charge in [-0.1, -0.05) is 0 Å². The summed E-state index contributed by atoms with van der Waals surface area (Å²) in [5, 5.41) is 0. The van der Waals surface area contributed by atoms with Crippen molar-refractivity contribution in [2.45, 2.75) is 45.8 Å². The van der Waals surface area contributed by atoms with Crippen molar-refractivity contribution in [2.75, 3.05) is 20.2 Å². The lowest BCUT2D eigenvalue weighted by Crippen LogP contribution is -2.43. The Morgan fingerprint density at radius 3 is 2.33 bits per heavy atom. The molecule has 0 aliphatic carbocycles. The van der Waals surface area contributed by atoms with Crippen LogP contribution in [-0.4, -0.2) is 42.0 Å². The van der Waals surface area contributed by atoms with Crippen LogP contribution in [-0.2, 0) is 9.53 Å².